The van der Waals surface area contributed by atoms with Crippen molar-refractivity contribution in [3.8, 4) is 5.75 Å². The predicted molar refractivity (Wildman–Crippen MR) is 137 cm³/mol. The van der Waals surface area contributed by atoms with Gasteiger partial charge in [-0.3, -0.25) is 0 Å². The van der Waals surface area contributed by atoms with E-state index in [1.807, 2.05) is 0 Å². The normalized spacial score (nSPS) is 24.3. The van der Waals surface area contributed by atoms with E-state index in [2.05, 4.69) is 19.1 Å². The topological polar surface area (TPSA) is 137 Å². The first kappa shape index (κ1) is 30.3. The molecule has 1 heterocycles. The zero-order valence-corrected chi connectivity index (χ0v) is 21.4. The van der Waals surface area contributed by atoms with Crippen LogP contribution in [-0.2, 0) is 15.9 Å². The van der Waals surface area contributed by atoms with Crippen molar-refractivity contribution in [2.45, 2.75) is 115 Å². The van der Waals surface area contributed by atoms with Crippen LogP contribution in [-0.4, -0.2) is 68.8 Å². The summed E-state index contributed by atoms with van der Waals surface area (Å²) in [6, 6.07) is 4.78. The number of esters is 1. The molecule has 0 spiro atoms. The standard InChI is InChI=1S/C28H44O8/c1-2-3-4-5-6-7-8-9-10-11-12-13-14-16-20-17-15-18-21(30)23(20)27(34)36-28-26(33)25(32)24(31)22(19-29)35-28/h7-8,15,17-18,22,24-26,28-33H,2-6,9-14,16,19H2,1H3/b8-7-/t22-,24+,25+,26-,28+/m1/s1. The zero-order chi connectivity index (χ0) is 26.3. The summed E-state index contributed by atoms with van der Waals surface area (Å²) in [7, 11) is 0. The van der Waals surface area contributed by atoms with E-state index in [-0.39, 0.29) is 11.3 Å². The zero-order valence-electron chi connectivity index (χ0n) is 21.4. The first-order valence-corrected chi connectivity index (χ1v) is 13.4. The molecule has 0 unspecified atom stereocenters. The Labute approximate surface area is 214 Å². The van der Waals surface area contributed by atoms with E-state index in [1.54, 1.807) is 12.1 Å². The number of benzene rings is 1. The lowest BCUT2D eigenvalue weighted by Crippen LogP contribution is -2.59. The fourth-order valence-electron chi connectivity index (χ4n) is 4.39. The lowest BCUT2D eigenvalue weighted by molar-refractivity contribution is -0.285. The number of hydrogen-bond donors (Lipinski definition) is 5. The van der Waals surface area contributed by atoms with E-state index in [1.165, 1.54) is 38.2 Å². The number of aryl methyl sites for hydroxylation is 1. The number of aliphatic hydroxyl groups excluding tert-OH is 4. The molecule has 5 N–H and O–H groups in total. The molecule has 8 nitrogen and oxygen atoms in total. The van der Waals surface area contributed by atoms with Crippen LogP contribution < -0.4 is 0 Å². The van der Waals surface area contributed by atoms with E-state index < -0.39 is 43.3 Å². The molecule has 1 aromatic rings. The Kier molecular flexibility index (Phi) is 14.0. The fraction of sp³-hybridized carbons (Fsp3) is 0.679. The first-order chi connectivity index (χ1) is 17.4. The van der Waals surface area contributed by atoms with Gasteiger partial charge in [-0.15, -0.1) is 0 Å². The number of carbonyl (C=O) groups is 1. The van der Waals surface area contributed by atoms with Gasteiger partial charge in [0, 0.05) is 0 Å². The molecule has 1 aliphatic rings. The van der Waals surface area contributed by atoms with Crippen LogP contribution in [0.5, 0.6) is 5.75 Å². The van der Waals surface area contributed by atoms with Crippen molar-refractivity contribution in [1.82, 2.24) is 0 Å². The molecule has 0 bridgehead atoms. The van der Waals surface area contributed by atoms with Crippen LogP contribution in [0.2, 0.25) is 0 Å². The summed E-state index contributed by atoms with van der Waals surface area (Å²) >= 11 is 0. The van der Waals surface area contributed by atoms with Crippen molar-refractivity contribution in [2.75, 3.05) is 6.61 Å². The number of carbonyl (C=O) groups excluding carboxylic acids is 1. The number of allylic oxidation sites excluding steroid dienone is 2. The smallest absolute Gasteiger partial charge is 0.344 e. The van der Waals surface area contributed by atoms with Crippen molar-refractivity contribution in [1.29, 1.82) is 0 Å². The largest absolute Gasteiger partial charge is 0.507 e. The Hall–Kier alpha value is -1.97. The maximum Gasteiger partial charge on any atom is 0.344 e. The number of phenols is 1. The Morgan fingerprint density at radius 1 is 0.917 bits per heavy atom. The summed E-state index contributed by atoms with van der Waals surface area (Å²) in [4.78, 5) is 12.8. The van der Waals surface area contributed by atoms with E-state index in [4.69, 9.17) is 9.47 Å². The van der Waals surface area contributed by atoms with Crippen LogP contribution in [0.15, 0.2) is 30.4 Å². The fourth-order valence-corrected chi connectivity index (χ4v) is 4.39. The highest BCUT2D eigenvalue weighted by Gasteiger charge is 2.45. The molecule has 36 heavy (non-hydrogen) atoms. The summed E-state index contributed by atoms with van der Waals surface area (Å²) < 4.78 is 10.5. The number of hydrogen-bond acceptors (Lipinski definition) is 8. The molecule has 2 rings (SSSR count). The summed E-state index contributed by atoms with van der Waals surface area (Å²) in [5.74, 6) is -1.16. The molecule has 1 fully saturated rings. The third-order valence-electron chi connectivity index (χ3n) is 6.61. The molecule has 1 saturated heterocycles. The van der Waals surface area contributed by atoms with Gasteiger partial charge < -0.3 is 35.0 Å². The van der Waals surface area contributed by atoms with Crippen LogP contribution in [0.25, 0.3) is 0 Å². The van der Waals surface area contributed by atoms with Crippen molar-refractivity contribution in [3.63, 3.8) is 0 Å². The average molecular weight is 509 g/mol. The highest BCUT2D eigenvalue weighted by atomic mass is 16.7. The molecule has 204 valence electrons. The van der Waals surface area contributed by atoms with Gasteiger partial charge >= 0.3 is 5.97 Å². The van der Waals surface area contributed by atoms with Gasteiger partial charge in [-0.2, -0.15) is 0 Å². The molecule has 1 aliphatic heterocycles. The molecule has 0 aliphatic carbocycles. The Morgan fingerprint density at radius 2 is 1.56 bits per heavy atom. The van der Waals surface area contributed by atoms with Gasteiger partial charge in [-0.1, -0.05) is 69.7 Å². The number of ether oxygens (including phenoxy) is 2. The van der Waals surface area contributed by atoms with E-state index in [0.29, 0.717) is 12.0 Å². The summed E-state index contributed by atoms with van der Waals surface area (Å²) in [5, 5.41) is 49.6. The monoisotopic (exact) mass is 508 g/mol. The van der Waals surface area contributed by atoms with Crippen LogP contribution in [0.3, 0.4) is 0 Å². The molecule has 8 heteroatoms. The quantitative estimate of drug-likeness (QED) is 0.129. The first-order valence-electron chi connectivity index (χ1n) is 13.4. The molecule has 0 radical (unpaired) electrons. The molecular formula is C28H44O8. The minimum absolute atomic E-state index is 0.0152. The molecule has 1 aromatic carbocycles. The lowest BCUT2D eigenvalue weighted by Gasteiger charge is -2.39. The Morgan fingerprint density at radius 3 is 2.22 bits per heavy atom. The Balaban J connectivity index is 1.77. The van der Waals surface area contributed by atoms with Crippen molar-refractivity contribution < 1.29 is 39.8 Å². The van der Waals surface area contributed by atoms with E-state index >= 15 is 0 Å². The second-order valence-electron chi connectivity index (χ2n) is 9.54. The molecule has 0 aromatic heterocycles. The molecule has 0 saturated carbocycles. The number of rotatable bonds is 16. The number of phenolic OH excluding ortho intramolecular Hbond substituents is 1. The van der Waals surface area contributed by atoms with Gasteiger partial charge in [-0.25, -0.2) is 4.79 Å². The predicted octanol–water partition coefficient (Wildman–Crippen LogP) is 3.76. The highest BCUT2D eigenvalue weighted by molar-refractivity contribution is 5.94. The molecule has 0 amide bonds. The summed E-state index contributed by atoms with van der Waals surface area (Å²) in [6.45, 7) is 1.59. The molecule has 5 atom stereocenters. The SMILES string of the molecule is CCCCCC/C=C\CCCCCCCc1cccc(O)c1C(=O)O[C@@H]1O[C@H](CO)[C@H](O)[C@H](O)[C@H]1O. The van der Waals surface area contributed by atoms with Crippen molar-refractivity contribution in [3.05, 3.63) is 41.5 Å². The van der Waals surface area contributed by atoms with Crippen LogP contribution in [0, 0.1) is 0 Å². The molecular weight excluding hydrogens is 464 g/mol. The maximum absolute atomic E-state index is 12.8. The third kappa shape index (κ3) is 9.48. The third-order valence-corrected chi connectivity index (χ3v) is 6.61. The second-order valence-corrected chi connectivity index (χ2v) is 9.54. The Bertz CT molecular complexity index is 794. The van der Waals surface area contributed by atoms with Gasteiger partial charge in [0.15, 0.2) is 0 Å². The highest BCUT2D eigenvalue weighted by Crippen LogP contribution is 2.27. The van der Waals surface area contributed by atoms with Gasteiger partial charge in [0.05, 0.1) is 6.61 Å². The lowest BCUT2D eigenvalue weighted by atomic mass is 9.98. The van der Waals surface area contributed by atoms with E-state index in [0.717, 1.165) is 38.5 Å². The minimum atomic E-state index is -1.70. The average Bonchev–Trinajstić information content (AvgIpc) is 2.87. The van der Waals surface area contributed by atoms with Gasteiger partial charge in [0.2, 0.25) is 6.29 Å². The maximum atomic E-state index is 12.8. The summed E-state index contributed by atoms with van der Waals surface area (Å²) in [5.41, 5.74) is 0.606. The van der Waals surface area contributed by atoms with Crippen LogP contribution in [0.1, 0.15) is 93.5 Å². The summed E-state index contributed by atoms with van der Waals surface area (Å²) in [6.07, 6.45) is 10.2. The van der Waals surface area contributed by atoms with E-state index in [9.17, 15) is 30.3 Å². The number of unbranched alkanes of at least 4 members (excludes halogenated alkanes) is 9. The van der Waals surface area contributed by atoms with Crippen LogP contribution in [0.4, 0.5) is 0 Å². The minimum Gasteiger partial charge on any atom is -0.507 e. The van der Waals surface area contributed by atoms with Crippen molar-refractivity contribution >= 4 is 5.97 Å². The van der Waals surface area contributed by atoms with Gasteiger partial charge in [0.1, 0.15) is 35.7 Å². The number of aromatic hydroxyl groups is 1. The second kappa shape index (κ2) is 16.7. The number of aliphatic hydroxyl groups is 4. The van der Waals surface area contributed by atoms with Gasteiger partial charge in [0.25, 0.3) is 0 Å². The van der Waals surface area contributed by atoms with Gasteiger partial charge in [-0.05, 0) is 50.2 Å². The van der Waals surface area contributed by atoms with Crippen LogP contribution >= 0.6 is 0 Å². The van der Waals surface area contributed by atoms with Crippen molar-refractivity contribution in [2.24, 2.45) is 0 Å².